The van der Waals surface area contributed by atoms with Gasteiger partial charge in [-0.2, -0.15) is 0 Å². The van der Waals surface area contributed by atoms with Crippen LogP contribution in [-0.4, -0.2) is 24.8 Å². The molecule has 3 heterocycles. The van der Waals surface area contributed by atoms with Gasteiger partial charge in [-0.1, -0.05) is 18.2 Å². The minimum absolute atomic E-state index is 0.218. The molecule has 0 amide bonds. The van der Waals surface area contributed by atoms with Crippen molar-refractivity contribution in [2.24, 2.45) is 0 Å². The van der Waals surface area contributed by atoms with E-state index in [9.17, 15) is 0 Å². The maximum atomic E-state index is 5.84. The lowest BCUT2D eigenvalue weighted by Crippen LogP contribution is -2.04. The number of hydrogen-bond acceptors (Lipinski definition) is 6. The zero-order valence-electron chi connectivity index (χ0n) is 11.8. The maximum Gasteiger partial charge on any atom is 0.199 e. The summed E-state index contributed by atoms with van der Waals surface area (Å²) >= 11 is 3.34. The molecule has 0 atom stereocenters. The maximum absolute atomic E-state index is 5.84. The molecule has 4 rings (SSSR count). The first kappa shape index (κ1) is 13.9. The number of para-hydroxylation sites is 2. The number of pyridine rings is 1. The second kappa shape index (κ2) is 5.47. The third kappa shape index (κ3) is 2.46. The number of nitrogens with two attached hydrogens (primary N) is 1. The second-order valence-corrected chi connectivity index (χ2v) is 5.81. The van der Waals surface area contributed by atoms with Crippen LogP contribution in [-0.2, 0) is 6.54 Å². The summed E-state index contributed by atoms with van der Waals surface area (Å²) in [5, 5.41) is 7.52. The summed E-state index contributed by atoms with van der Waals surface area (Å²) in [7, 11) is 0. The smallest absolute Gasteiger partial charge is 0.199 e. The van der Waals surface area contributed by atoms with Crippen LogP contribution < -0.4 is 5.73 Å². The minimum Gasteiger partial charge on any atom is -0.379 e. The summed E-state index contributed by atoms with van der Waals surface area (Å²) in [6.45, 7) is 0.586. The molecule has 2 N–H and O–H groups in total. The number of fused-ring (bicyclic) bond motifs is 1. The van der Waals surface area contributed by atoms with Crippen LogP contribution in [0.1, 0.15) is 5.56 Å². The SMILES string of the molecule is Nc1nonc1-c1nc2ccccc2n1Cc1ccc(Br)nc1. The van der Waals surface area contributed by atoms with Gasteiger partial charge in [-0.15, -0.1) is 0 Å². The molecule has 0 saturated heterocycles. The Balaban J connectivity index is 1.89. The summed E-state index contributed by atoms with van der Waals surface area (Å²) < 4.78 is 7.54. The summed E-state index contributed by atoms with van der Waals surface area (Å²) in [5.74, 6) is 0.836. The quantitative estimate of drug-likeness (QED) is 0.557. The number of rotatable bonds is 3. The standard InChI is InChI=1S/C15H11BrN6O/c16-12-6-5-9(7-18-12)8-22-11-4-2-1-3-10(11)19-15(22)13-14(17)21-23-20-13/h1-7H,8H2,(H2,17,21). The van der Waals surface area contributed by atoms with Gasteiger partial charge in [0, 0.05) is 6.20 Å². The van der Waals surface area contributed by atoms with Gasteiger partial charge in [0.25, 0.3) is 0 Å². The molecule has 0 saturated carbocycles. The molecular formula is C15H11BrN6O. The zero-order valence-corrected chi connectivity index (χ0v) is 13.4. The van der Waals surface area contributed by atoms with E-state index in [2.05, 4.69) is 36.2 Å². The molecule has 8 heteroatoms. The van der Waals surface area contributed by atoms with Gasteiger partial charge in [-0.05, 0) is 50.0 Å². The van der Waals surface area contributed by atoms with Crippen molar-refractivity contribution in [2.45, 2.75) is 6.54 Å². The van der Waals surface area contributed by atoms with Crippen LogP contribution in [0.3, 0.4) is 0 Å². The highest BCUT2D eigenvalue weighted by Crippen LogP contribution is 2.27. The number of halogens is 1. The van der Waals surface area contributed by atoms with Gasteiger partial charge in [0.2, 0.25) is 0 Å². The van der Waals surface area contributed by atoms with Gasteiger partial charge in [0.05, 0.1) is 17.6 Å². The van der Waals surface area contributed by atoms with Gasteiger partial charge in [0.15, 0.2) is 17.3 Å². The van der Waals surface area contributed by atoms with Crippen molar-refractivity contribution >= 4 is 32.8 Å². The van der Waals surface area contributed by atoms with Crippen molar-refractivity contribution in [3.8, 4) is 11.5 Å². The average molecular weight is 371 g/mol. The van der Waals surface area contributed by atoms with Crippen LogP contribution in [0.4, 0.5) is 5.82 Å². The van der Waals surface area contributed by atoms with Crippen molar-refractivity contribution in [2.75, 3.05) is 5.73 Å². The van der Waals surface area contributed by atoms with Gasteiger partial charge in [0.1, 0.15) is 4.60 Å². The summed E-state index contributed by atoms with van der Waals surface area (Å²) in [6, 6.07) is 11.8. The van der Waals surface area contributed by atoms with E-state index in [-0.39, 0.29) is 5.82 Å². The normalized spacial score (nSPS) is 11.2. The fourth-order valence-electron chi connectivity index (χ4n) is 2.45. The fraction of sp³-hybridized carbons (Fsp3) is 0.0667. The fourth-order valence-corrected chi connectivity index (χ4v) is 2.68. The number of hydrogen-bond donors (Lipinski definition) is 1. The van der Waals surface area contributed by atoms with E-state index in [0.29, 0.717) is 18.1 Å². The Labute approximate surface area is 139 Å². The first-order valence-electron chi connectivity index (χ1n) is 6.86. The molecular weight excluding hydrogens is 360 g/mol. The number of anilines is 1. The zero-order chi connectivity index (χ0) is 15.8. The number of nitrogens with zero attached hydrogens (tertiary/aromatic N) is 5. The lowest BCUT2D eigenvalue weighted by Gasteiger charge is -2.08. The van der Waals surface area contributed by atoms with Crippen LogP contribution in [0.25, 0.3) is 22.6 Å². The van der Waals surface area contributed by atoms with Crippen molar-refractivity contribution in [3.05, 3.63) is 52.8 Å². The molecule has 0 unspecified atom stereocenters. The highest BCUT2D eigenvalue weighted by molar-refractivity contribution is 9.10. The Morgan fingerprint density at radius 2 is 2.00 bits per heavy atom. The first-order valence-corrected chi connectivity index (χ1v) is 7.66. The largest absolute Gasteiger partial charge is 0.379 e. The van der Waals surface area contributed by atoms with Gasteiger partial charge in [-0.3, -0.25) is 0 Å². The highest BCUT2D eigenvalue weighted by atomic mass is 79.9. The highest BCUT2D eigenvalue weighted by Gasteiger charge is 2.19. The molecule has 0 aliphatic heterocycles. The molecule has 4 aromatic rings. The Kier molecular flexibility index (Phi) is 3.30. The molecule has 0 spiro atoms. The van der Waals surface area contributed by atoms with Gasteiger partial charge < -0.3 is 10.3 Å². The average Bonchev–Trinajstić information content (AvgIpc) is 3.13. The predicted octanol–water partition coefficient (Wildman–Crippen LogP) is 2.87. The lowest BCUT2D eigenvalue weighted by molar-refractivity contribution is 0.310. The number of imidazole rings is 1. The number of nitrogen functional groups attached to an aromatic ring is 1. The van der Waals surface area contributed by atoms with E-state index in [0.717, 1.165) is 21.2 Å². The molecule has 0 aliphatic rings. The minimum atomic E-state index is 0.218. The first-order chi connectivity index (χ1) is 11.2. The van der Waals surface area contributed by atoms with Gasteiger partial charge in [-0.25, -0.2) is 14.6 Å². The summed E-state index contributed by atoms with van der Waals surface area (Å²) in [5.41, 5.74) is 9.14. The molecule has 7 nitrogen and oxygen atoms in total. The van der Waals surface area contributed by atoms with Crippen LogP contribution in [0, 0.1) is 0 Å². The van der Waals surface area contributed by atoms with Gasteiger partial charge >= 0.3 is 0 Å². The Bertz CT molecular complexity index is 975. The molecule has 114 valence electrons. The van der Waals surface area contributed by atoms with E-state index in [1.165, 1.54) is 0 Å². The Morgan fingerprint density at radius 1 is 1.13 bits per heavy atom. The third-order valence-corrected chi connectivity index (χ3v) is 3.98. The van der Waals surface area contributed by atoms with Crippen molar-refractivity contribution in [3.63, 3.8) is 0 Å². The van der Waals surface area contributed by atoms with E-state index < -0.39 is 0 Å². The Morgan fingerprint density at radius 3 is 2.74 bits per heavy atom. The van der Waals surface area contributed by atoms with E-state index in [1.54, 1.807) is 0 Å². The molecule has 23 heavy (non-hydrogen) atoms. The second-order valence-electron chi connectivity index (χ2n) is 5.00. The van der Waals surface area contributed by atoms with E-state index in [1.807, 2.05) is 47.2 Å². The van der Waals surface area contributed by atoms with Crippen LogP contribution in [0.5, 0.6) is 0 Å². The van der Waals surface area contributed by atoms with Crippen LogP contribution in [0.2, 0.25) is 0 Å². The van der Waals surface area contributed by atoms with Crippen molar-refractivity contribution in [1.82, 2.24) is 24.8 Å². The van der Waals surface area contributed by atoms with E-state index in [4.69, 9.17) is 10.4 Å². The molecule has 3 aromatic heterocycles. The molecule has 0 fully saturated rings. The Hall–Kier alpha value is -2.74. The predicted molar refractivity (Wildman–Crippen MR) is 88.5 cm³/mol. The summed E-state index contributed by atoms with van der Waals surface area (Å²) in [6.07, 6.45) is 1.81. The van der Waals surface area contributed by atoms with E-state index >= 15 is 0 Å². The monoisotopic (exact) mass is 370 g/mol. The molecule has 0 radical (unpaired) electrons. The molecule has 1 aromatic carbocycles. The van der Waals surface area contributed by atoms with Crippen molar-refractivity contribution < 1.29 is 4.63 Å². The van der Waals surface area contributed by atoms with Crippen LogP contribution >= 0.6 is 15.9 Å². The van der Waals surface area contributed by atoms with Crippen LogP contribution in [0.15, 0.2) is 51.8 Å². The number of aromatic nitrogens is 5. The topological polar surface area (TPSA) is 95.6 Å². The third-order valence-electron chi connectivity index (χ3n) is 3.51. The lowest BCUT2D eigenvalue weighted by atomic mass is 10.2. The molecule has 0 aliphatic carbocycles. The van der Waals surface area contributed by atoms with Crippen molar-refractivity contribution in [1.29, 1.82) is 0 Å². The summed E-state index contributed by atoms with van der Waals surface area (Å²) in [4.78, 5) is 8.88. The molecule has 0 bridgehead atoms. The number of benzene rings is 1.